The summed E-state index contributed by atoms with van der Waals surface area (Å²) in [5.41, 5.74) is 6.45. The van der Waals surface area contributed by atoms with Crippen molar-refractivity contribution >= 4 is 0 Å². The molecule has 0 aromatic heterocycles. The summed E-state index contributed by atoms with van der Waals surface area (Å²) in [6.07, 6.45) is 18.2. The average Bonchev–Trinajstić information content (AvgIpc) is 2.49. The van der Waals surface area contributed by atoms with Gasteiger partial charge in [-0.25, -0.2) is 0 Å². The van der Waals surface area contributed by atoms with E-state index in [1.165, 1.54) is 83.5 Å². The number of nitrogens with two attached hydrogens (primary N) is 1. The fourth-order valence-corrected chi connectivity index (χ4v) is 3.99. The SMILES string of the molecule is CCCCCCCCCCC(N)C1CCC(C(C)C)CC1. The van der Waals surface area contributed by atoms with E-state index in [4.69, 9.17) is 5.73 Å². The molecule has 21 heavy (non-hydrogen) atoms. The summed E-state index contributed by atoms with van der Waals surface area (Å²) in [6.45, 7) is 7.05. The minimum absolute atomic E-state index is 0.484. The first kappa shape index (κ1) is 19.0. The molecule has 1 heteroatoms. The van der Waals surface area contributed by atoms with Crippen molar-refractivity contribution in [2.75, 3.05) is 0 Å². The first-order valence-corrected chi connectivity index (χ1v) is 9.90. The Morgan fingerprint density at radius 1 is 0.762 bits per heavy atom. The van der Waals surface area contributed by atoms with Gasteiger partial charge in [0.25, 0.3) is 0 Å². The summed E-state index contributed by atoms with van der Waals surface area (Å²) in [5.74, 6) is 2.66. The summed E-state index contributed by atoms with van der Waals surface area (Å²) < 4.78 is 0. The van der Waals surface area contributed by atoms with Gasteiger partial charge in [0, 0.05) is 6.04 Å². The molecule has 0 aromatic carbocycles. The molecule has 0 bridgehead atoms. The summed E-state index contributed by atoms with van der Waals surface area (Å²) in [6, 6.07) is 0.484. The maximum Gasteiger partial charge on any atom is 0.00671 e. The zero-order valence-corrected chi connectivity index (χ0v) is 15.1. The molecule has 0 amide bonds. The fourth-order valence-electron chi connectivity index (χ4n) is 3.99. The van der Waals surface area contributed by atoms with Crippen molar-refractivity contribution in [1.29, 1.82) is 0 Å². The first-order chi connectivity index (χ1) is 10.1. The molecule has 1 nitrogen and oxygen atoms in total. The minimum Gasteiger partial charge on any atom is -0.327 e. The van der Waals surface area contributed by atoms with E-state index < -0.39 is 0 Å². The lowest BCUT2D eigenvalue weighted by molar-refractivity contribution is 0.198. The third-order valence-electron chi connectivity index (χ3n) is 5.76. The Balaban J connectivity index is 1.98. The molecule has 0 heterocycles. The summed E-state index contributed by atoms with van der Waals surface area (Å²) in [7, 11) is 0. The highest BCUT2D eigenvalue weighted by molar-refractivity contribution is 4.80. The maximum absolute atomic E-state index is 6.45. The minimum atomic E-state index is 0.484. The molecule has 2 N–H and O–H groups in total. The predicted octanol–water partition coefficient (Wildman–Crippen LogP) is 6.31. The third-order valence-corrected chi connectivity index (χ3v) is 5.76. The topological polar surface area (TPSA) is 26.0 Å². The zero-order chi connectivity index (χ0) is 15.5. The highest BCUT2D eigenvalue weighted by Crippen LogP contribution is 2.35. The molecule has 1 unspecified atom stereocenters. The van der Waals surface area contributed by atoms with Gasteiger partial charge >= 0.3 is 0 Å². The van der Waals surface area contributed by atoms with Crippen LogP contribution in [0.2, 0.25) is 0 Å². The second-order valence-corrected chi connectivity index (χ2v) is 7.85. The van der Waals surface area contributed by atoms with Crippen LogP contribution >= 0.6 is 0 Å². The van der Waals surface area contributed by atoms with Gasteiger partial charge in [0.05, 0.1) is 0 Å². The summed E-state index contributed by atoms with van der Waals surface area (Å²) in [4.78, 5) is 0. The molecule has 1 saturated carbocycles. The average molecular weight is 296 g/mol. The maximum atomic E-state index is 6.45. The smallest absolute Gasteiger partial charge is 0.00671 e. The van der Waals surface area contributed by atoms with Gasteiger partial charge in [0.2, 0.25) is 0 Å². The molecule has 0 spiro atoms. The first-order valence-electron chi connectivity index (χ1n) is 9.90. The van der Waals surface area contributed by atoms with Crippen LogP contribution in [-0.4, -0.2) is 6.04 Å². The Bertz CT molecular complexity index is 228. The van der Waals surface area contributed by atoms with Crippen LogP contribution in [0.15, 0.2) is 0 Å². The van der Waals surface area contributed by atoms with Crippen molar-refractivity contribution in [3.05, 3.63) is 0 Å². The lowest BCUT2D eigenvalue weighted by Gasteiger charge is -2.34. The van der Waals surface area contributed by atoms with E-state index in [1.807, 2.05) is 0 Å². The molecule has 1 rings (SSSR count). The van der Waals surface area contributed by atoms with Gasteiger partial charge in [-0.2, -0.15) is 0 Å². The lowest BCUT2D eigenvalue weighted by atomic mass is 9.74. The molecule has 0 aliphatic heterocycles. The van der Waals surface area contributed by atoms with E-state index in [1.54, 1.807) is 0 Å². The number of unbranched alkanes of at least 4 members (excludes halogenated alkanes) is 7. The van der Waals surface area contributed by atoms with Gasteiger partial charge in [0.1, 0.15) is 0 Å². The number of hydrogen-bond acceptors (Lipinski definition) is 1. The van der Waals surface area contributed by atoms with E-state index in [0.717, 1.165) is 17.8 Å². The van der Waals surface area contributed by atoms with Crippen LogP contribution in [0.1, 0.15) is 104 Å². The van der Waals surface area contributed by atoms with Gasteiger partial charge < -0.3 is 5.73 Å². The molecule has 1 aliphatic carbocycles. The second kappa shape index (κ2) is 11.5. The van der Waals surface area contributed by atoms with Crippen molar-refractivity contribution in [2.45, 2.75) is 110 Å². The van der Waals surface area contributed by atoms with Crippen molar-refractivity contribution < 1.29 is 0 Å². The van der Waals surface area contributed by atoms with Crippen molar-refractivity contribution in [2.24, 2.45) is 23.5 Å². The lowest BCUT2D eigenvalue weighted by Crippen LogP contribution is -2.33. The van der Waals surface area contributed by atoms with Crippen LogP contribution in [0, 0.1) is 17.8 Å². The van der Waals surface area contributed by atoms with Crippen LogP contribution in [0.25, 0.3) is 0 Å². The number of hydrogen-bond donors (Lipinski definition) is 1. The van der Waals surface area contributed by atoms with Crippen LogP contribution in [0.4, 0.5) is 0 Å². The predicted molar refractivity (Wildman–Crippen MR) is 95.5 cm³/mol. The largest absolute Gasteiger partial charge is 0.327 e. The van der Waals surface area contributed by atoms with Gasteiger partial charge in [0.15, 0.2) is 0 Å². The van der Waals surface area contributed by atoms with Crippen molar-refractivity contribution in [3.63, 3.8) is 0 Å². The Morgan fingerprint density at radius 3 is 1.76 bits per heavy atom. The van der Waals surface area contributed by atoms with Crippen LogP contribution in [0.3, 0.4) is 0 Å². The van der Waals surface area contributed by atoms with E-state index in [2.05, 4.69) is 20.8 Å². The molecule has 0 radical (unpaired) electrons. The van der Waals surface area contributed by atoms with E-state index >= 15 is 0 Å². The van der Waals surface area contributed by atoms with E-state index in [9.17, 15) is 0 Å². The molecular weight excluding hydrogens is 254 g/mol. The fraction of sp³-hybridized carbons (Fsp3) is 1.00. The Hall–Kier alpha value is -0.0400. The second-order valence-electron chi connectivity index (χ2n) is 7.85. The molecule has 1 atom stereocenters. The summed E-state index contributed by atoms with van der Waals surface area (Å²) >= 11 is 0. The summed E-state index contributed by atoms with van der Waals surface area (Å²) in [5, 5.41) is 0. The van der Waals surface area contributed by atoms with Gasteiger partial charge in [-0.05, 0) is 49.9 Å². The molecular formula is C20H41N. The highest BCUT2D eigenvalue weighted by atomic mass is 14.6. The van der Waals surface area contributed by atoms with E-state index in [0.29, 0.717) is 6.04 Å². The van der Waals surface area contributed by atoms with Crippen LogP contribution in [-0.2, 0) is 0 Å². The van der Waals surface area contributed by atoms with Gasteiger partial charge in [-0.1, -0.05) is 72.1 Å². The van der Waals surface area contributed by atoms with Crippen LogP contribution < -0.4 is 5.73 Å². The molecule has 0 aromatic rings. The standard InChI is InChI=1S/C20H41N/c1-4-5-6-7-8-9-10-11-12-20(21)19-15-13-18(14-16-19)17(2)3/h17-20H,4-16,21H2,1-3H3. The Morgan fingerprint density at radius 2 is 1.24 bits per heavy atom. The molecule has 1 fully saturated rings. The normalized spacial score (nSPS) is 24.4. The molecule has 0 saturated heterocycles. The number of rotatable bonds is 11. The quantitative estimate of drug-likeness (QED) is 0.444. The van der Waals surface area contributed by atoms with E-state index in [-0.39, 0.29) is 0 Å². The van der Waals surface area contributed by atoms with Crippen LogP contribution in [0.5, 0.6) is 0 Å². The Kier molecular flexibility index (Phi) is 10.4. The highest BCUT2D eigenvalue weighted by Gasteiger charge is 2.26. The Labute approximate surface area is 134 Å². The molecule has 126 valence electrons. The molecule has 1 aliphatic rings. The van der Waals surface area contributed by atoms with Gasteiger partial charge in [-0.15, -0.1) is 0 Å². The van der Waals surface area contributed by atoms with Gasteiger partial charge in [-0.3, -0.25) is 0 Å². The van der Waals surface area contributed by atoms with Crippen molar-refractivity contribution in [3.8, 4) is 0 Å². The zero-order valence-electron chi connectivity index (χ0n) is 15.1. The van der Waals surface area contributed by atoms with Crippen molar-refractivity contribution in [1.82, 2.24) is 0 Å². The third kappa shape index (κ3) is 8.24. The monoisotopic (exact) mass is 295 g/mol.